The number of ether oxygens (including phenoxy) is 1. The van der Waals surface area contributed by atoms with Gasteiger partial charge in [0.1, 0.15) is 5.78 Å². The van der Waals surface area contributed by atoms with Crippen LogP contribution in [-0.2, 0) is 9.53 Å². The zero-order valence-electron chi connectivity index (χ0n) is 12.9. The van der Waals surface area contributed by atoms with Gasteiger partial charge in [-0.1, -0.05) is 13.8 Å². The lowest BCUT2D eigenvalue weighted by molar-refractivity contribution is -0.121. The first kappa shape index (κ1) is 16.6. The van der Waals surface area contributed by atoms with Crippen molar-refractivity contribution in [2.24, 2.45) is 5.92 Å². The lowest BCUT2D eigenvalue weighted by Gasteiger charge is -2.34. The number of Topliss-reactive ketones (excluding diaryl/α,β-unsaturated/α-hetero) is 1. The van der Waals surface area contributed by atoms with Crippen LogP contribution < -0.4 is 5.32 Å². The standard InChI is InChI=1S/C15H30N2O2/c1-12(2)15(18)11-16-7-10-19-14-5-8-17(9-6-14)13(3)4/h12-14,16H,5-11H2,1-4H3. The Morgan fingerprint density at radius 2 is 1.89 bits per heavy atom. The zero-order valence-corrected chi connectivity index (χ0v) is 12.9. The normalized spacial score (nSPS) is 18.4. The summed E-state index contributed by atoms with van der Waals surface area (Å²) < 4.78 is 5.85. The van der Waals surface area contributed by atoms with E-state index in [1.54, 1.807) is 0 Å². The van der Waals surface area contributed by atoms with Crippen molar-refractivity contribution in [3.63, 3.8) is 0 Å². The molecule has 1 fully saturated rings. The van der Waals surface area contributed by atoms with Crippen LogP contribution in [0.15, 0.2) is 0 Å². The number of piperidine rings is 1. The van der Waals surface area contributed by atoms with Gasteiger partial charge in [-0.3, -0.25) is 4.79 Å². The van der Waals surface area contributed by atoms with Crippen molar-refractivity contribution in [1.29, 1.82) is 0 Å². The molecule has 1 rings (SSSR count). The molecule has 0 aromatic heterocycles. The largest absolute Gasteiger partial charge is 0.377 e. The summed E-state index contributed by atoms with van der Waals surface area (Å²) in [6.45, 7) is 12.6. The lowest BCUT2D eigenvalue weighted by Crippen LogP contribution is -2.41. The summed E-state index contributed by atoms with van der Waals surface area (Å²) in [7, 11) is 0. The SMILES string of the molecule is CC(C)C(=O)CNCCOC1CCN(C(C)C)CC1. The van der Waals surface area contributed by atoms with E-state index in [0.29, 0.717) is 25.3 Å². The molecule has 0 aliphatic carbocycles. The Kier molecular flexibility index (Phi) is 7.57. The molecule has 0 amide bonds. The van der Waals surface area contributed by atoms with E-state index >= 15 is 0 Å². The maximum Gasteiger partial charge on any atom is 0.149 e. The molecule has 19 heavy (non-hydrogen) atoms. The number of carbonyl (C=O) groups excluding carboxylic acids is 1. The first-order chi connectivity index (χ1) is 9.00. The second kappa shape index (κ2) is 8.67. The van der Waals surface area contributed by atoms with E-state index in [1.807, 2.05) is 13.8 Å². The fraction of sp³-hybridized carbons (Fsp3) is 0.933. The molecule has 4 heteroatoms. The van der Waals surface area contributed by atoms with E-state index in [-0.39, 0.29) is 11.7 Å². The summed E-state index contributed by atoms with van der Waals surface area (Å²) in [5.74, 6) is 0.388. The van der Waals surface area contributed by atoms with Crippen LogP contribution in [0.1, 0.15) is 40.5 Å². The van der Waals surface area contributed by atoms with Gasteiger partial charge < -0.3 is 15.0 Å². The highest BCUT2D eigenvalue weighted by Crippen LogP contribution is 2.15. The van der Waals surface area contributed by atoms with Gasteiger partial charge in [0.25, 0.3) is 0 Å². The minimum absolute atomic E-state index is 0.119. The lowest BCUT2D eigenvalue weighted by atomic mass is 10.1. The van der Waals surface area contributed by atoms with Crippen molar-refractivity contribution >= 4 is 5.78 Å². The molecule has 0 aromatic carbocycles. The maximum absolute atomic E-state index is 11.4. The molecule has 0 unspecified atom stereocenters. The second-order valence-corrected chi connectivity index (χ2v) is 6.00. The first-order valence-corrected chi connectivity index (χ1v) is 7.59. The molecule has 112 valence electrons. The molecule has 1 aliphatic heterocycles. The highest BCUT2D eigenvalue weighted by molar-refractivity contribution is 5.82. The average Bonchev–Trinajstić information content (AvgIpc) is 2.38. The van der Waals surface area contributed by atoms with Crippen molar-refractivity contribution in [3.8, 4) is 0 Å². The molecular weight excluding hydrogens is 240 g/mol. The molecule has 0 spiro atoms. The van der Waals surface area contributed by atoms with Crippen molar-refractivity contribution in [1.82, 2.24) is 10.2 Å². The fourth-order valence-corrected chi connectivity index (χ4v) is 2.27. The molecule has 1 heterocycles. The Morgan fingerprint density at radius 1 is 1.26 bits per heavy atom. The van der Waals surface area contributed by atoms with Gasteiger partial charge in [-0.15, -0.1) is 0 Å². The topological polar surface area (TPSA) is 41.6 Å². The van der Waals surface area contributed by atoms with Crippen molar-refractivity contribution < 1.29 is 9.53 Å². The average molecular weight is 270 g/mol. The minimum Gasteiger partial charge on any atom is -0.377 e. The number of nitrogens with one attached hydrogen (secondary N) is 1. The molecule has 1 saturated heterocycles. The molecule has 1 aliphatic rings. The van der Waals surface area contributed by atoms with Crippen molar-refractivity contribution in [2.45, 2.75) is 52.7 Å². The number of hydrogen-bond donors (Lipinski definition) is 1. The van der Waals surface area contributed by atoms with Crippen LogP contribution >= 0.6 is 0 Å². The Hall–Kier alpha value is -0.450. The van der Waals surface area contributed by atoms with Gasteiger partial charge in [0.2, 0.25) is 0 Å². The minimum atomic E-state index is 0.119. The molecule has 4 nitrogen and oxygen atoms in total. The highest BCUT2D eigenvalue weighted by atomic mass is 16.5. The molecule has 1 N–H and O–H groups in total. The van der Waals surface area contributed by atoms with Crippen molar-refractivity contribution in [3.05, 3.63) is 0 Å². The van der Waals surface area contributed by atoms with Gasteiger partial charge in [-0.25, -0.2) is 0 Å². The Bertz CT molecular complexity index is 259. The molecule has 0 aromatic rings. The van der Waals surface area contributed by atoms with Gasteiger partial charge >= 0.3 is 0 Å². The van der Waals surface area contributed by atoms with Crippen LogP contribution in [0.2, 0.25) is 0 Å². The van der Waals surface area contributed by atoms with Gasteiger partial charge in [-0.2, -0.15) is 0 Å². The summed E-state index contributed by atoms with van der Waals surface area (Å²) in [6.07, 6.45) is 2.66. The fourth-order valence-electron chi connectivity index (χ4n) is 2.27. The van der Waals surface area contributed by atoms with Crippen LogP contribution in [0.4, 0.5) is 0 Å². The van der Waals surface area contributed by atoms with Gasteiger partial charge in [0.15, 0.2) is 0 Å². The molecule has 0 radical (unpaired) electrons. The summed E-state index contributed by atoms with van der Waals surface area (Å²) in [6, 6.07) is 0.643. The molecule has 0 bridgehead atoms. The van der Waals surface area contributed by atoms with Crippen molar-refractivity contribution in [2.75, 3.05) is 32.8 Å². The maximum atomic E-state index is 11.4. The number of carbonyl (C=O) groups is 1. The third-order valence-corrected chi connectivity index (χ3v) is 3.78. The third kappa shape index (κ3) is 6.50. The number of likely N-dealkylation sites (tertiary alicyclic amines) is 1. The third-order valence-electron chi connectivity index (χ3n) is 3.78. The Balaban J connectivity index is 2.01. The number of rotatable bonds is 8. The summed E-state index contributed by atoms with van der Waals surface area (Å²) >= 11 is 0. The number of nitrogens with zero attached hydrogens (tertiary/aromatic N) is 1. The van der Waals surface area contributed by atoms with E-state index in [1.165, 1.54) is 0 Å². The predicted molar refractivity (Wildman–Crippen MR) is 78.4 cm³/mol. The Morgan fingerprint density at radius 3 is 2.42 bits per heavy atom. The molecular formula is C15H30N2O2. The van der Waals surface area contributed by atoms with Crippen LogP contribution in [-0.4, -0.2) is 55.6 Å². The Labute approximate surface area is 117 Å². The van der Waals surface area contributed by atoms with E-state index in [0.717, 1.165) is 32.5 Å². The monoisotopic (exact) mass is 270 g/mol. The predicted octanol–water partition coefficient (Wildman–Crippen LogP) is 1.69. The van der Waals surface area contributed by atoms with Crippen LogP contribution in [0.3, 0.4) is 0 Å². The summed E-state index contributed by atoms with van der Waals surface area (Å²) in [5, 5.41) is 3.15. The van der Waals surface area contributed by atoms with Gasteiger partial charge in [-0.05, 0) is 26.7 Å². The second-order valence-electron chi connectivity index (χ2n) is 6.00. The van der Waals surface area contributed by atoms with Crippen LogP contribution in [0.25, 0.3) is 0 Å². The highest BCUT2D eigenvalue weighted by Gasteiger charge is 2.20. The summed E-state index contributed by atoms with van der Waals surface area (Å²) in [4.78, 5) is 13.9. The number of ketones is 1. The molecule has 0 saturated carbocycles. The van der Waals surface area contributed by atoms with Crippen LogP contribution in [0.5, 0.6) is 0 Å². The zero-order chi connectivity index (χ0) is 14.3. The smallest absolute Gasteiger partial charge is 0.149 e. The number of hydrogen-bond acceptors (Lipinski definition) is 4. The van der Waals surface area contributed by atoms with Crippen LogP contribution in [0, 0.1) is 5.92 Å². The van der Waals surface area contributed by atoms with E-state index in [9.17, 15) is 4.79 Å². The summed E-state index contributed by atoms with van der Waals surface area (Å²) in [5.41, 5.74) is 0. The van der Waals surface area contributed by atoms with E-state index in [4.69, 9.17) is 4.74 Å². The van der Waals surface area contributed by atoms with E-state index in [2.05, 4.69) is 24.1 Å². The van der Waals surface area contributed by atoms with Gasteiger partial charge in [0, 0.05) is 31.6 Å². The van der Waals surface area contributed by atoms with Gasteiger partial charge in [0.05, 0.1) is 19.3 Å². The quantitative estimate of drug-likeness (QED) is 0.682. The molecule has 0 atom stereocenters. The van der Waals surface area contributed by atoms with E-state index < -0.39 is 0 Å². The first-order valence-electron chi connectivity index (χ1n) is 7.59.